The Hall–Kier alpha value is -0.708. The fraction of sp³-hybridized carbons (Fsp3) is 0.870. The summed E-state index contributed by atoms with van der Waals surface area (Å²) in [5.41, 5.74) is 0. The average molecular weight is 631 g/mol. The Balaban J connectivity index is 0.00000233. The minimum absolute atomic E-state index is 0.0330. The fourth-order valence-corrected chi connectivity index (χ4v) is 4.45. The summed E-state index contributed by atoms with van der Waals surface area (Å²) < 4.78 is 2.14. The van der Waals surface area contributed by atoms with Gasteiger partial charge in [-0.1, -0.05) is 13.8 Å². The molecule has 0 spiro atoms. The Morgan fingerprint density at radius 3 is 2.26 bits per heavy atom. The standard InChI is InChI=1S/C22H40N4O3.CH3.Pb/c1-6-26(17(4)5)20(27)14-18-7-10-24(11-8-18)21(28)15-25-12-9-23-19(22(25)29)13-16(2)3;;/h16-19,23H,6-15H2,1-5H3;1H3;. The molecule has 2 aliphatic heterocycles. The Kier molecular flexibility index (Phi) is 13.2. The van der Waals surface area contributed by atoms with E-state index in [-0.39, 0.29) is 36.3 Å². The number of likely N-dealkylation sites (tertiary alicyclic amines) is 1. The number of piperazine rings is 1. The maximum atomic E-state index is 12.7. The fourth-order valence-electron chi connectivity index (χ4n) is 4.45. The molecule has 0 aliphatic carbocycles. The summed E-state index contributed by atoms with van der Waals surface area (Å²) in [5.74, 6) is 1.08. The van der Waals surface area contributed by atoms with Crippen LogP contribution in [-0.2, 0) is 14.4 Å². The van der Waals surface area contributed by atoms with Crippen molar-refractivity contribution < 1.29 is 14.4 Å². The molecule has 2 heterocycles. The summed E-state index contributed by atoms with van der Waals surface area (Å²) in [7, 11) is 0. The van der Waals surface area contributed by atoms with E-state index in [2.05, 4.69) is 23.6 Å². The molecule has 0 bridgehead atoms. The molecule has 2 saturated heterocycles. The van der Waals surface area contributed by atoms with E-state index in [1.807, 2.05) is 30.6 Å². The molecule has 7 nitrogen and oxygen atoms in total. The van der Waals surface area contributed by atoms with Crippen LogP contribution in [0.25, 0.3) is 0 Å². The normalized spacial score (nSPS) is 20.0. The van der Waals surface area contributed by atoms with Gasteiger partial charge in [-0.15, -0.1) is 0 Å². The predicted octanol–water partition coefficient (Wildman–Crippen LogP) is 1.92. The van der Waals surface area contributed by atoms with E-state index in [1.165, 1.54) is 25.8 Å². The second-order valence-electron chi connectivity index (χ2n) is 9.20. The van der Waals surface area contributed by atoms with Crippen molar-refractivity contribution >= 4 is 43.5 Å². The Labute approximate surface area is 205 Å². The van der Waals surface area contributed by atoms with Gasteiger partial charge in [-0.3, -0.25) is 14.4 Å². The molecule has 3 amide bonds. The van der Waals surface area contributed by atoms with Gasteiger partial charge in [-0.2, -0.15) is 0 Å². The predicted molar refractivity (Wildman–Crippen MR) is 126 cm³/mol. The molecule has 3 radical (unpaired) electrons. The third-order valence-electron chi connectivity index (χ3n) is 6.13. The van der Waals surface area contributed by atoms with Crippen molar-refractivity contribution in [1.29, 1.82) is 0 Å². The molecule has 0 aromatic heterocycles. The molecule has 2 rings (SSSR count). The van der Waals surface area contributed by atoms with Gasteiger partial charge in [0.25, 0.3) is 0 Å². The number of nitrogens with zero attached hydrogens (tertiary/aromatic N) is 3. The van der Waals surface area contributed by atoms with Crippen molar-refractivity contribution in [3.63, 3.8) is 0 Å². The summed E-state index contributed by atoms with van der Waals surface area (Å²) >= 11 is 1.31. The molecular formula is C23H43N4O3Pb. The molecule has 177 valence electrons. The van der Waals surface area contributed by atoms with E-state index in [1.54, 1.807) is 4.90 Å². The van der Waals surface area contributed by atoms with Crippen molar-refractivity contribution in [3.05, 3.63) is 0 Å². The van der Waals surface area contributed by atoms with Crippen LogP contribution in [0.4, 0.5) is 0 Å². The molecule has 0 aromatic rings. The van der Waals surface area contributed by atoms with E-state index in [0.717, 1.165) is 32.4 Å². The first kappa shape index (κ1) is 28.3. The summed E-state index contributed by atoms with van der Waals surface area (Å²) in [6.45, 7) is 13.9. The molecule has 31 heavy (non-hydrogen) atoms. The molecule has 8 heteroatoms. The van der Waals surface area contributed by atoms with Gasteiger partial charge in [-0.25, -0.2) is 0 Å². The van der Waals surface area contributed by atoms with Gasteiger partial charge in [0, 0.05) is 45.2 Å². The number of carbonyl (C=O) groups excluding carboxylic acids is 3. The summed E-state index contributed by atoms with van der Waals surface area (Å²) in [4.78, 5) is 43.4. The van der Waals surface area contributed by atoms with Gasteiger partial charge in [0.2, 0.25) is 17.7 Å². The zero-order valence-electron chi connectivity index (χ0n) is 20.4. The van der Waals surface area contributed by atoms with Crippen molar-refractivity contribution in [2.45, 2.75) is 76.9 Å². The van der Waals surface area contributed by atoms with Gasteiger partial charge >= 0.3 is 30.3 Å². The zero-order chi connectivity index (χ0) is 23.6. The second kappa shape index (κ2) is 14.4. The average Bonchev–Trinajstić information content (AvgIpc) is 2.73. The molecule has 1 unspecified atom stereocenters. The third kappa shape index (κ3) is 8.98. The quantitative estimate of drug-likeness (QED) is 0.417. The third-order valence-corrected chi connectivity index (χ3v) is 6.13. The van der Waals surface area contributed by atoms with Crippen LogP contribution >= 0.6 is 0 Å². The van der Waals surface area contributed by atoms with Crippen molar-refractivity contribution in [2.24, 2.45) is 11.8 Å². The molecule has 1 atom stereocenters. The molecular weight excluding hydrogens is 587 g/mol. The van der Waals surface area contributed by atoms with Crippen LogP contribution in [0.1, 0.15) is 60.3 Å². The van der Waals surface area contributed by atoms with Crippen molar-refractivity contribution in [3.8, 4) is 0 Å². The van der Waals surface area contributed by atoms with E-state index in [4.69, 9.17) is 0 Å². The van der Waals surface area contributed by atoms with Gasteiger partial charge < -0.3 is 20.0 Å². The Morgan fingerprint density at radius 1 is 1.13 bits per heavy atom. The summed E-state index contributed by atoms with van der Waals surface area (Å²) in [5, 5.41) is 3.28. The minimum atomic E-state index is -0.171. The van der Waals surface area contributed by atoms with E-state index in [0.29, 0.717) is 37.9 Å². The van der Waals surface area contributed by atoms with Crippen molar-refractivity contribution in [1.82, 2.24) is 20.0 Å². The monoisotopic (exact) mass is 631 g/mol. The molecule has 0 saturated carbocycles. The number of hydrogen-bond acceptors (Lipinski definition) is 4. The second-order valence-corrected chi connectivity index (χ2v) is 9.20. The summed E-state index contributed by atoms with van der Waals surface area (Å²) in [6.07, 6.45) is 3.09. The molecule has 1 N–H and O–H groups in total. The van der Waals surface area contributed by atoms with Crippen LogP contribution < -0.4 is 5.32 Å². The Bertz CT molecular complexity index is 577. The van der Waals surface area contributed by atoms with Gasteiger partial charge in [0.1, 0.15) is 0 Å². The zero-order valence-corrected chi connectivity index (χ0v) is 24.3. The number of nitrogens with one attached hydrogen (secondary N) is 1. The van der Waals surface area contributed by atoms with Crippen LogP contribution in [0.3, 0.4) is 0 Å². The first-order valence-electron chi connectivity index (χ1n) is 11.8. The topological polar surface area (TPSA) is 73.0 Å². The number of piperidine rings is 1. The Morgan fingerprint density at radius 2 is 1.74 bits per heavy atom. The van der Waals surface area contributed by atoms with E-state index >= 15 is 0 Å². The van der Waals surface area contributed by atoms with Crippen LogP contribution in [0.5, 0.6) is 0 Å². The van der Waals surface area contributed by atoms with E-state index in [9.17, 15) is 14.4 Å². The van der Waals surface area contributed by atoms with Crippen LogP contribution in [0, 0.1) is 11.8 Å². The van der Waals surface area contributed by atoms with Gasteiger partial charge in [0.05, 0.1) is 12.6 Å². The molecule has 2 aliphatic rings. The number of carbonyl (C=O) groups is 3. The van der Waals surface area contributed by atoms with Crippen LogP contribution in [0.15, 0.2) is 0 Å². The van der Waals surface area contributed by atoms with E-state index < -0.39 is 0 Å². The maximum absolute atomic E-state index is 12.7. The first-order valence-corrected chi connectivity index (χ1v) is 15.7. The van der Waals surface area contributed by atoms with Crippen LogP contribution in [0.2, 0.25) is 4.48 Å². The van der Waals surface area contributed by atoms with Crippen molar-refractivity contribution in [2.75, 3.05) is 39.3 Å². The van der Waals surface area contributed by atoms with Gasteiger partial charge in [0.15, 0.2) is 0 Å². The SMILES string of the molecule is CCN(C(=O)CC1CCN(C(=O)CN2CCNC(CC(C)C)C2=O)CC1)C(C)C.[CH3][Pb]. The van der Waals surface area contributed by atoms with Gasteiger partial charge in [-0.05, 0) is 51.9 Å². The molecule has 0 aromatic carbocycles. The van der Waals surface area contributed by atoms with Crippen LogP contribution in [-0.4, -0.2) is 110 Å². The number of hydrogen-bond donors (Lipinski definition) is 1. The molecule has 2 fully saturated rings. The number of amides is 3. The number of rotatable bonds is 8. The first-order chi connectivity index (χ1) is 14.7. The summed E-state index contributed by atoms with van der Waals surface area (Å²) in [6, 6.07) is 0.0565.